The highest BCUT2D eigenvalue weighted by Crippen LogP contribution is 2.72. The van der Waals surface area contributed by atoms with Crippen molar-refractivity contribution in [1.82, 2.24) is 15.2 Å². The van der Waals surface area contributed by atoms with E-state index < -0.39 is 86.6 Å². The lowest BCUT2D eigenvalue weighted by Crippen LogP contribution is -2.71. The van der Waals surface area contributed by atoms with Gasteiger partial charge in [-0.2, -0.15) is 0 Å². The van der Waals surface area contributed by atoms with E-state index in [0.29, 0.717) is 11.1 Å². The fourth-order valence-electron chi connectivity index (χ4n) is 6.37. The highest BCUT2D eigenvalue weighted by Gasteiger charge is 2.57. The Bertz CT molecular complexity index is 2380. The molecular weight excluding hydrogens is 1020 g/mol. The number of thiazole rings is 1. The number of nitrogens with one attached hydrogen (secondary N) is 2. The standard InChI is InChI=1S/C43H55N5O19P2S2/c1-9-58-64-68(54,65-59-10-2)32(69(55,66-60-11-3)67-61-12-4)23-31(49)57-24-29-25-70-39-34(45-37(50)33(47-56-8)30-26-71-41(44-30)46-42(53)63-43(5,6)7)38(51)48(39)35(29)40(52)62-36(27-19-15-13-16-20-27)28-21-17-14-18-22-28/h13-22,26,32,34,36,39H,9-12,23-25H2,1-8H3,(H,45,50)(H,44,46,53)/b47-33+/t34-,39-/m1/s1. The molecule has 1 fully saturated rings. The number of ether oxygens (including phenoxy) is 3. The van der Waals surface area contributed by atoms with Crippen LogP contribution in [0.25, 0.3) is 0 Å². The van der Waals surface area contributed by atoms with Gasteiger partial charge in [-0.15, -0.1) is 41.8 Å². The van der Waals surface area contributed by atoms with Crippen LogP contribution in [0.4, 0.5) is 9.93 Å². The number of rotatable bonds is 27. The average Bonchev–Trinajstić information content (AvgIpc) is 3.81. The molecule has 3 aromatic rings. The van der Waals surface area contributed by atoms with E-state index in [4.69, 9.17) is 57.3 Å². The van der Waals surface area contributed by atoms with Crippen molar-refractivity contribution in [3.8, 4) is 0 Å². The summed E-state index contributed by atoms with van der Waals surface area (Å²) in [5.41, 5.74) is -0.182. The van der Waals surface area contributed by atoms with Gasteiger partial charge >= 0.3 is 33.2 Å². The van der Waals surface area contributed by atoms with E-state index in [0.717, 1.165) is 28.0 Å². The van der Waals surface area contributed by atoms with Crippen molar-refractivity contribution in [3.63, 3.8) is 0 Å². The first-order valence-electron chi connectivity index (χ1n) is 21.9. The zero-order valence-electron chi connectivity index (χ0n) is 39.9. The Kier molecular flexibility index (Phi) is 21.3. The van der Waals surface area contributed by atoms with Gasteiger partial charge in [-0.3, -0.25) is 33.7 Å². The third-order valence-electron chi connectivity index (χ3n) is 9.29. The van der Waals surface area contributed by atoms with E-state index in [2.05, 4.69) is 20.8 Å². The predicted octanol–water partition coefficient (Wildman–Crippen LogP) is 7.35. The number of aromatic nitrogens is 1. The molecule has 5 rings (SSSR count). The zero-order valence-corrected chi connectivity index (χ0v) is 43.3. The molecule has 2 aliphatic rings. The Balaban J connectivity index is 1.46. The number of benzene rings is 2. The second-order valence-corrected chi connectivity index (χ2v) is 21.9. The number of nitrogens with zero attached hydrogens (tertiary/aromatic N) is 3. The number of hydrogen-bond donors (Lipinski definition) is 2. The fourth-order valence-corrected chi connectivity index (χ4v) is 12.4. The summed E-state index contributed by atoms with van der Waals surface area (Å²) in [5.74, 6) is -3.93. The highest BCUT2D eigenvalue weighted by atomic mass is 32.2. The Morgan fingerprint density at radius 2 is 1.38 bits per heavy atom. The molecule has 0 saturated carbocycles. The van der Waals surface area contributed by atoms with Gasteiger partial charge in [-0.25, -0.2) is 34.1 Å². The van der Waals surface area contributed by atoms with E-state index in [1.54, 1.807) is 81.4 Å². The number of amides is 3. The molecule has 3 heterocycles. The van der Waals surface area contributed by atoms with Crippen molar-refractivity contribution in [1.29, 1.82) is 0 Å². The Morgan fingerprint density at radius 3 is 1.87 bits per heavy atom. The number of carbonyl (C=O) groups excluding carboxylic acids is 5. The normalized spacial score (nSPS) is 16.3. The van der Waals surface area contributed by atoms with Crippen LogP contribution in [0.2, 0.25) is 0 Å². The highest BCUT2D eigenvalue weighted by molar-refractivity contribution is 8.00. The Hall–Kier alpha value is -5.08. The number of thioether (sulfide) groups is 1. The number of fused-ring (bicyclic) bond motifs is 1. The summed E-state index contributed by atoms with van der Waals surface area (Å²) >= 11 is 2.08. The molecule has 3 amide bonds. The van der Waals surface area contributed by atoms with Crippen molar-refractivity contribution in [3.05, 3.63) is 94.1 Å². The van der Waals surface area contributed by atoms with Crippen LogP contribution in [-0.2, 0) is 85.6 Å². The largest absolute Gasteiger partial charge is 0.461 e. The molecule has 0 aliphatic carbocycles. The summed E-state index contributed by atoms with van der Waals surface area (Å²) in [6.45, 7) is 9.53. The maximum Gasteiger partial charge on any atom is 0.413 e. The summed E-state index contributed by atoms with van der Waals surface area (Å²) < 4.78 is 65.8. The van der Waals surface area contributed by atoms with E-state index in [-0.39, 0.29) is 60.0 Å². The molecule has 2 aliphatic heterocycles. The minimum absolute atomic E-state index is 0.000722. The predicted molar refractivity (Wildman–Crippen MR) is 254 cm³/mol. The summed E-state index contributed by atoms with van der Waals surface area (Å²) in [6, 6.07) is 16.4. The van der Waals surface area contributed by atoms with Gasteiger partial charge in [0.05, 0.1) is 32.8 Å². The van der Waals surface area contributed by atoms with E-state index in [9.17, 15) is 33.1 Å². The summed E-state index contributed by atoms with van der Waals surface area (Å²) in [5, 5.41) is 7.36. The number of esters is 2. The molecule has 28 heteroatoms. The molecule has 2 atom stereocenters. The van der Waals surface area contributed by atoms with Gasteiger partial charge in [0.25, 0.3) is 11.8 Å². The van der Waals surface area contributed by atoms with Crippen molar-refractivity contribution >= 4 is 79.0 Å². The first-order chi connectivity index (χ1) is 33.9. The molecule has 0 bridgehead atoms. The van der Waals surface area contributed by atoms with Gasteiger partial charge in [0, 0.05) is 16.7 Å². The topological polar surface area (TPSA) is 283 Å². The molecule has 1 saturated heterocycles. The smallest absolute Gasteiger partial charge is 0.413 e. The van der Waals surface area contributed by atoms with Gasteiger partial charge in [-0.05, 0) is 59.6 Å². The molecule has 71 heavy (non-hydrogen) atoms. The molecule has 0 spiro atoms. The molecule has 0 unspecified atom stereocenters. The lowest BCUT2D eigenvalue weighted by atomic mass is 10.0. The SMILES string of the molecule is CCOOP(=O)(OOCC)C(CC(=O)OCC1=C(C(=O)OC(c2ccccc2)c2ccccc2)N2C(=O)[C@@H](NC(=O)/C(=N/OC)c3csc(NC(=O)OC(C)(C)C)n3)[C@H]2SC1)P(=O)(OOCC)OOCC. The van der Waals surface area contributed by atoms with E-state index in [1.165, 1.54) is 40.2 Å². The van der Waals surface area contributed by atoms with Crippen molar-refractivity contribution < 1.29 is 90.4 Å². The summed E-state index contributed by atoms with van der Waals surface area (Å²) in [4.78, 5) is 99.0. The van der Waals surface area contributed by atoms with Crippen LogP contribution in [0.5, 0.6) is 0 Å². The lowest BCUT2D eigenvalue weighted by molar-refractivity contribution is -0.272. The molecule has 0 radical (unpaired) electrons. The van der Waals surface area contributed by atoms with Crippen LogP contribution in [0.15, 0.2) is 82.5 Å². The zero-order chi connectivity index (χ0) is 51.8. The van der Waals surface area contributed by atoms with Gasteiger partial charge in [-0.1, -0.05) is 65.8 Å². The fraction of sp³-hybridized carbons (Fsp3) is 0.465. The molecule has 2 N–H and O–H groups in total. The van der Waals surface area contributed by atoms with Gasteiger partial charge in [0.15, 0.2) is 22.3 Å². The molecule has 2 aromatic carbocycles. The third-order valence-corrected chi connectivity index (χ3v) is 16.2. The summed E-state index contributed by atoms with van der Waals surface area (Å²) in [6.07, 6.45) is -2.86. The van der Waals surface area contributed by atoms with Gasteiger partial charge in [0.2, 0.25) is 0 Å². The van der Waals surface area contributed by atoms with E-state index >= 15 is 0 Å². The average molecular weight is 1070 g/mol. The Labute approximate surface area is 417 Å². The van der Waals surface area contributed by atoms with Crippen LogP contribution >= 0.6 is 38.3 Å². The summed E-state index contributed by atoms with van der Waals surface area (Å²) in [7, 11) is -8.79. The first-order valence-corrected chi connectivity index (χ1v) is 27.0. The lowest BCUT2D eigenvalue weighted by Gasteiger charge is -2.49. The van der Waals surface area contributed by atoms with E-state index in [1.807, 2.05) is 0 Å². The molecule has 1 aromatic heterocycles. The van der Waals surface area contributed by atoms with Gasteiger partial charge < -0.3 is 24.4 Å². The van der Waals surface area contributed by atoms with Crippen LogP contribution in [0, 0.1) is 0 Å². The van der Waals surface area contributed by atoms with Crippen LogP contribution < -0.4 is 10.6 Å². The van der Waals surface area contributed by atoms with Crippen molar-refractivity contribution in [2.24, 2.45) is 5.16 Å². The number of hydrogen-bond acceptors (Lipinski definition) is 23. The molecule has 24 nitrogen and oxygen atoms in total. The monoisotopic (exact) mass is 1070 g/mol. The third kappa shape index (κ3) is 15.2. The maximum atomic E-state index is 14.7. The first kappa shape index (κ1) is 56.8. The minimum atomic E-state index is -4.99. The van der Waals surface area contributed by atoms with Crippen LogP contribution in [0.1, 0.15) is 77.8 Å². The van der Waals surface area contributed by atoms with Crippen molar-refractivity contribution in [2.75, 3.05) is 51.2 Å². The molecular formula is C43H55N5O19P2S2. The van der Waals surface area contributed by atoms with Crippen LogP contribution in [-0.4, -0.2) is 114 Å². The maximum absolute atomic E-state index is 14.7. The second-order valence-electron chi connectivity index (χ2n) is 15.6. The minimum Gasteiger partial charge on any atom is -0.461 e. The van der Waals surface area contributed by atoms with Gasteiger partial charge in [0.1, 0.15) is 42.1 Å². The Morgan fingerprint density at radius 1 is 0.845 bits per heavy atom. The number of oxime groups is 1. The second kappa shape index (κ2) is 26.6. The number of carbonyl (C=O) groups is 5. The number of anilines is 1. The number of β-lactam (4-membered cyclic amide) rings is 1. The van der Waals surface area contributed by atoms with Crippen LogP contribution in [0.3, 0.4) is 0 Å². The quantitative estimate of drug-likeness (QED) is 0.0143. The van der Waals surface area contributed by atoms with Crippen molar-refractivity contribution in [2.45, 2.75) is 83.4 Å². The molecule has 388 valence electrons.